The van der Waals surface area contributed by atoms with Crippen molar-refractivity contribution in [1.29, 1.82) is 0 Å². The van der Waals surface area contributed by atoms with Crippen LogP contribution in [0.3, 0.4) is 0 Å². The van der Waals surface area contributed by atoms with E-state index < -0.39 is 20.0 Å². The third-order valence-corrected chi connectivity index (χ3v) is 14.7. The Labute approximate surface area is 262 Å². The van der Waals surface area contributed by atoms with Gasteiger partial charge in [-0.25, -0.2) is 13.8 Å². The SMILES string of the molecule is Cc1ccc(C(=O)Cc2cnc3c(c2N2C[C@@H](C)C(O[Si](C)(C)C(C)(C)C)[C@@H](C)C2)CC[C@H]3C)nc1-c1c(F)cccc1F. The van der Waals surface area contributed by atoms with Crippen molar-refractivity contribution in [2.45, 2.75) is 97.9 Å². The zero-order valence-corrected chi connectivity index (χ0v) is 28.7. The number of hydrogen-bond donors (Lipinski definition) is 0. The Hall–Kier alpha value is -2.97. The second-order valence-corrected chi connectivity index (χ2v) is 19.5. The molecule has 5 nitrogen and oxygen atoms in total. The molecule has 1 fully saturated rings. The van der Waals surface area contributed by atoms with E-state index in [9.17, 15) is 13.6 Å². The molecule has 3 aromatic rings. The van der Waals surface area contributed by atoms with Crippen LogP contribution in [-0.4, -0.2) is 43.3 Å². The summed E-state index contributed by atoms with van der Waals surface area (Å²) in [6.45, 7) is 21.7. The number of benzene rings is 1. The van der Waals surface area contributed by atoms with Crippen LogP contribution in [0.15, 0.2) is 36.5 Å². The second-order valence-electron chi connectivity index (χ2n) is 14.7. The zero-order valence-electron chi connectivity index (χ0n) is 27.7. The number of aromatic nitrogens is 2. The van der Waals surface area contributed by atoms with E-state index in [0.29, 0.717) is 23.3 Å². The van der Waals surface area contributed by atoms with Crippen molar-refractivity contribution >= 4 is 19.8 Å². The highest BCUT2D eigenvalue weighted by molar-refractivity contribution is 6.74. The molecule has 1 aromatic carbocycles. The first-order chi connectivity index (χ1) is 20.6. The lowest BCUT2D eigenvalue weighted by atomic mass is 9.87. The molecule has 0 spiro atoms. The van der Waals surface area contributed by atoms with Gasteiger partial charge in [0.2, 0.25) is 0 Å². The first kappa shape index (κ1) is 32.4. The summed E-state index contributed by atoms with van der Waals surface area (Å²) in [6.07, 6.45) is 4.14. The summed E-state index contributed by atoms with van der Waals surface area (Å²) in [4.78, 5) is 25.6. The number of anilines is 1. The van der Waals surface area contributed by atoms with Gasteiger partial charge in [-0.15, -0.1) is 0 Å². The summed E-state index contributed by atoms with van der Waals surface area (Å²) in [5, 5.41) is 0.140. The normalized spacial score (nSPS) is 22.3. The zero-order chi connectivity index (χ0) is 32.1. The van der Waals surface area contributed by atoms with E-state index >= 15 is 0 Å². The number of Topliss-reactive ketones (excluding diaryl/α,β-unsaturated/α-hetero) is 1. The molecule has 8 heteroatoms. The molecule has 2 aliphatic rings. The van der Waals surface area contributed by atoms with Gasteiger partial charge in [-0.3, -0.25) is 9.78 Å². The number of nitrogens with zero attached hydrogens (tertiary/aromatic N) is 3. The number of aryl methyl sites for hydroxylation is 1. The smallest absolute Gasteiger partial charge is 0.192 e. The van der Waals surface area contributed by atoms with Crippen LogP contribution >= 0.6 is 0 Å². The topological polar surface area (TPSA) is 55.3 Å². The molecule has 1 aliphatic carbocycles. The summed E-state index contributed by atoms with van der Waals surface area (Å²) >= 11 is 0. The molecule has 1 unspecified atom stereocenters. The van der Waals surface area contributed by atoms with E-state index in [2.05, 4.69) is 64.5 Å². The third-order valence-electron chi connectivity index (χ3n) is 10.2. The summed E-state index contributed by atoms with van der Waals surface area (Å²) in [7, 11) is -1.94. The quantitative estimate of drug-likeness (QED) is 0.196. The predicted molar refractivity (Wildman–Crippen MR) is 176 cm³/mol. The van der Waals surface area contributed by atoms with Gasteiger partial charge in [0, 0.05) is 42.7 Å². The standard InChI is InChI=1S/C36H47F2N3O2Si/c1-21-13-15-26-32(21)39-18-25(34(26)41-19-23(3)35(24(4)20-41)43-44(8,9)36(5,6)7)17-30(42)29-16-14-22(2)33(40-29)31-27(37)11-10-12-28(31)38/h10-12,14,16,18,21,23-24,35H,13,15,17,19-20H2,1-9H3/t21-,23-,24+,35?/m1/s1. The Morgan fingerprint density at radius 2 is 1.68 bits per heavy atom. The van der Waals surface area contributed by atoms with Gasteiger partial charge in [-0.2, -0.15) is 0 Å². The average molecular weight is 620 g/mol. The maximum Gasteiger partial charge on any atom is 0.192 e. The first-order valence-electron chi connectivity index (χ1n) is 16.0. The predicted octanol–water partition coefficient (Wildman–Crippen LogP) is 8.69. The van der Waals surface area contributed by atoms with Crippen molar-refractivity contribution in [3.05, 3.63) is 76.2 Å². The number of hydrogen-bond acceptors (Lipinski definition) is 5. The molecule has 44 heavy (non-hydrogen) atoms. The van der Waals surface area contributed by atoms with Gasteiger partial charge in [0.05, 0.1) is 17.4 Å². The minimum Gasteiger partial charge on any atom is -0.413 e. The molecule has 0 bridgehead atoms. The summed E-state index contributed by atoms with van der Waals surface area (Å²) in [6, 6.07) is 7.10. The molecule has 2 aromatic heterocycles. The van der Waals surface area contributed by atoms with E-state index in [1.807, 2.05) is 6.20 Å². The first-order valence-corrected chi connectivity index (χ1v) is 18.9. The van der Waals surface area contributed by atoms with Gasteiger partial charge in [0.1, 0.15) is 17.3 Å². The van der Waals surface area contributed by atoms with Gasteiger partial charge in [-0.05, 0) is 85.0 Å². The molecular formula is C36H47F2N3O2Si. The van der Waals surface area contributed by atoms with Crippen LogP contribution in [0.1, 0.15) is 86.8 Å². The molecule has 5 rings (SSSR count). The number of ketones is 1. The minimum atomic E-state index is -1.94. The highest BCUT2D eigenvalue weighted by atomic mass is 28.4. The molecule has 236 valence electrons. The van der Waals surface area contributed by atoms with Crippen LogP contribution in [0, 0.1) is 30.4 Å². The fourth-order valence-corrected chi connectivity index (χ4v) is 8.19. The Bertz CT molecular complexity index is 1540. The van der Waals surface area contributed by atoms with E-state index in [-0.39, 0.29) is 40.3 Å². The largest absolute Gasteiger partial charge is 0.413 e. The fraction of sp³-hybridized carbons (Fsp3) is 0.528. The maximum atomic E-state index is 14.7. The minimum absolute atomic E-state index is 0.114. The highest BCUT2D eigenvalue weighted by Gasteiger charge is 2.44. The lowest BCUT2D eigenvalue weighted by molar-refractivity contribution is 0.0626. The van der Waals surface area contributed by atoms with Gasteiger partial charge in [0.15, 0.2) is 14.1 Å². The fourth-order valence-electron chi connectivity index (χ4n) is 6.69. The number of pyridine rings is 2. The summed E-state index contributed by atoms with van der Waals surface area (Å²) < 4.78 is 36.3. The Balaban J connectivity index is 1.47. The van der Waals surface area contributed by atoms with Gasteiger partial charge in [0.25, 0.3) is 0 Å². The van der Waals surface area contributed by atoms with Crippen molar-refractivity contribution in [2.75, 3.05) is 18.0 Å². The van der Waals surface area contributed by atoms with E-state index in [1.165, 1.54) is 23.8 Å². The van der Waals surface area contributed by atoms with Gasteiger partial charge >= 0.3 is 0 Å². The summed E-state index contributed by atoms with van der Waals surface area (Å²) in [5.41, 5.74) is 5.12. The molecule has 0 N–H and O–H groups in total. The molecule has 0 radical (unpaired) electrons. The number of fused-ring (bicyclic) bond motifs is 1. The average Bonchev–Trinajstić information content (AvgIpc) is 3.31. The van der Waals surface area contributed by atoms with E-state index in [0.717, 1.165) is 42.9 Å². The van der Waals surface area contributed by atoms with Crippen LogP contribution in [0.25, 0.3) is 11.3 Å². The van der Waals surface area contributed by atoms with Crippen LogP contribution in [-0.2, 0) is 17.3 Å². The molecule has 0 amide bonds. The van der Waals surface area contributed by atoms with Crippen LogP contribution in [0.4, 0.5) is 14.5 Å². The molecule has 3 heterocycles. The van der Waals surface area contributed by atoms with Gasteiger partial charge < -0.3 is 9.33 Å². The van der Waals surface area contributed by atoms with Crippen LogP contribution < -0.4 is 4.90 Å². The van der Waals surface area contributed by atoms with Crippen molar-refractivity contribution in [1.82, 2.24) is 9.97 Å². The van der Waals surface area contributed by atoms with Crippen molar-refractivity contribution in [2.24, 2.45) is 11.8 Å². The third kappa shape index (κ3) is 6.12. The van der Waals surface area contributed by atoms with E-state index in [1.54, 1.807) is 19.1 Å². The Morgan fingerprint density at radius 3 is 2.30 bits per heavy atom. The molecule has 1 aliphatic heterocycles. The van der Waals surface area contributed by atoms with Crippen molar-refractivity contribution < 1.29 is 18.0 Å². The monoisotopic (exact) mass is 619 g/mol. The Morgan fingerprint density at radius 1 is 1.05 bits per heavy atom. The second kappa shape index (κ2) is 12.1. The molecular weight excluding hydrogens is 572 g/mol. The lowest BCUT2D eigenvalue weighted by Gasteiger charge is -2.48. The number of carbonyl (C=O) groups is 1. The number of piperidine rings is 1. The number of rotatable bonds is 7. The molecule has 1 saturated heterocycles. The molecule has 4 atom stereocenters. The lowest BCUT2D eigenvalue weighted by Crippen LogP contribution is -2.54. The Kier molecular flexibility index (Phi) is 8.90. The van der Waals surface area contributed by atoms with Crippen molar-refractivity contribution in [3.63, 3.8) is 0 Å². The van der Waals surface area contributed by atoms with Gasteiger partial charge in [-0.1, -0.05) is 53.7 Å². The summed E-state index contributed by atoms with van der Waals surface area (Å²) in [5.74, 6) is -0.594. The number of carbonyl (C=O) groups excluding carboxylic acids is 1. The maximum absolute atomic E-state index is 14.7. The van der Waals surface area contributed by atoms with E-state index in [4.69, 9.17) is 9.41 Å². The molecule has 0 saturated carbocycles. The van der Waals surface area contributed by atoms with Crippen LogP contribution in [0.2, 0.25) is 18.1 Å². The number of halogens is 2. The van der Waals surface area contributed by atoms with Crippen molar-refractivity contribution in [3.8, 4) is 11.3 Å². The van der Waals surface area contributed by atoms with Crippen LogP contribution in [0.5, 0.6) is 0 Å². The highest BCUT2D eigenvalue weighted by Crippen LogP contribution is 2.44.